The average molecular weight is 435 g/mol. The van der Waals surface area contributed by atoms with E-state index in [2.05, 4.69) is 4.72 Å². The fourth-order valence-corrected chi connectivity index (χ4v) is 5.20. The predicted molar refractivity (Wildman–Crippen MR) is 110 cm³/mol. The Morgan fingerprint density at radius 3 is 2.60 bits per heavy atom. The maximum absolute atomic E-state index is 14.4. The number of hydrogen-bond acceptors (Lipinski definition) is 3. The third-order valence-electron chi connectivity index (χ3n) is 5.82. The molecule has 8 heteroatoms. The molecule has 2 aliphatic rings. The lowest BCUT2D eigenvalue weighted by Crippen LogP contribution is -2.49. The summed E-state index contributed by atoms with van der Waals surface area (Å²) in [7, 11) is -3.33. The number of benzene rings is 2. The van der Waals surface area contributed by atoms with Crippen LogP contribution in [0, 0.1) is 17.6 Å². The zero-order valence-corrected chi connectivity index (χ0v) is 17.5. The molecule has 160 valence electrons. The Balaban J connectivity index is 1.51. The molecule has 30 heavy (non-hydrogen) atoms. The number of piperidine rings is 1. The summed E-state index contributed by atoms with van der Waals surface area (Å²) >= 11 is 0. The molecule has 0 radical (unpaired) electrons. The average Bonchev–Trinajstić information content (AvgIpc) is 3.49. The molecule has 2 fully saturated rings. The monoisotopic (exact) mass is 434 g/mol. The van der Waals surface area contributed by atoms with E-state index >= 15 is 0 Å². The van der Waals surface area contributed by atoms with Crippen molar-refractivity contribution in [2.75, 3.05) is 19.3 Å². The number of amides is 1. The quantitative estimate of drug-likeness (QED) is 0.786. The molecule has 1 aliphatic carbocycles. The maximum Gasteiger partial charge on any atom is 0.226 e. The number of nitrogens with one attached hydrogen (secondary N) is 1. The van der Waals surface area contributed by atoms with Crippen molar-refractivity contribution >= 4 is 15.9 Å². The molecule has 0 aromatic heterocycles. The zero-order valence-electron chi connectivity index (χ0n) is 16.6. The van der Waals surface area contributed by atoms with E-state index in [1.54, 1.807) is 23.1 Å². The normalized spacial score (nSPS) is 24.0. The van der Waals surface area contributed by atoms with Gasteiger partial charge in [0.25, 0.3) is 0 Å². The van der Waals surface area contributed by atoms with Crippen LogP contribution < -0.4 is 4.72 Å². The van der Waals surface area contributed by atoms with Gasteiger partial charge in [-0.25, -0.2) is 21.9 Å². The molecule has 4 rings (SSSR count). The molecule has 2 aromatic rings. The van der Waals surface area contributed by atoms with E-state index in [-0.39, 0.29) is 29.3 Å². The fraction of sp³-hybridized carbons (Fsp3) is 0.409. The Morgan fingerprint density at radius 1 is 1.10 bits per heavy atom. The van der Waals surface area contributed by atoms with Crippen molar-refractivity contribution < 1.29 is 22.0 Å². The van der Waals surface area contributed by atoms with Gasteiger partial charge in [0, 0.05) is 30.6 Å². The molecule has 1 saturated carbocycles. The second-order valence-corrected chi connectivity index (χ2v) is 9.93. The summed E-state index contributed by atoms with van der Waals surface area (Å²) in [6.45, 7) is 0.958. The highest BCUT2D eigenvalue weighted by atomic mass is 32.2. The van der Waals surface area contributed by atoms with Crippen molar-refractivity contribution in [1.82, 2.24) is 9.62 Å². The molecule has 1 saturated heterocycles. The number of carbonyl (C=O) groups excluding carboxylic acids is 1. The van der Waals surface area contributed by atoms with Gasteiger partial charge in [-0.2, -0.15) is 0 Å². The number of nitrogens with zero attached hydrogens (tertiary/aromatic N) is 1. The lowest BCUT2D eigenvalue weighted by atomic mass is 9.95. The highest BCUT2D eigenvalue weighted by molar-refractivity contribution is 7.88. The van der Waals surface area contributed by atoms with E-state index < -0.39 is 21.7 Å². The molecule has 1 amide bonds. The third-order valence-corrected chi connectivity index (χ3v) is 6.58. The van der Waals surface area contributed by atoms with Crippen LogP contribution in [0.5, 0.6) is 0 Å². The SMILES string of the molecule is CS(=O)(=O)N[C@H]1CCCN(C(=O)[C@@H]2C[C@H]2c2ccccc2-c2cccc(F)c2F)C1. The minimum absolute atomic E-state index is 0.00508. The van der Waals surface area contributed by atoms with Gasteiger partial charge in [0.1, 0.15) is 0 Å². The van der Waals surface area contributed by atoms with Crippen LogP contribution in [0.4, 0.5) is 8.78 Å². The fourth-order valence-electron chi connectivity index (χ4n) is 4.40. The molecule has 3 atom stereocenters. The van der Waals surface area contributed by atoms with Gasteiger partial charge in [-0.3, -0.25) is 4.79 Å². The van der Waals surface area contributed by atoms with Gasteiger partial charge in [-0.05, 0) is 42.4 Å². The molecule has 1 aliphatic heterocycles. The summed E-state index contributed by atoms with van der Waals surface area (Å²) in [5.41, 5.74) is 1.63. The first kappa shape index (κ1) is 20.9. The van der Waals surface area contributed by atoms with E-state index in [4.69, 9.17) is 0 Å². The van der Waals surface area contributed by atoms with Crippen LogP contribution in [0.15, 0.2) is 42.5 Å². The van der Waals surface area contributed by atoms with Gasteiger partial charge in [0.15, 0.2) is 11.6 Å². The number of likely N-dealkylation sites (tertiary alicyclic amines) is 1. The Hall–Kier alpha value is -2.32. The van der Waals surface area contributed by atoms with Crippen LogP contribution in [0.2, 0.25) is 0 Å². The van der Waals surface area contributed by atoms with Gasteiger partial charge in [0.2, 0.25) is 15.9 Å². The molecule has 1 N–H and O–H groups in total. The zero-order chi connectivity index (χ0) is 21.5. The molecule has 5 nitrogen and oxygen atoms in total. The van der Waals surface area contributed by atoms with Crippen LogP contribution in [-0.2, 0) is 14.8 Å². The number of rotatable bonds is 5. The highest BCUT2D eigenvalue weighted by Crippen LogP contribution is 2.51. The van der Waals surface area contributed by atoms with Crippen LogP contribution in [0.1, 0.15) is 30.7 Å². The molecule has 2 aromatic carbocycles. The first-order valence-electron chi connectivity index (χ1n) is 10.0. The Kier molecular flexibility index (Phi) is 5.63. The predicted octanol–water partition coefficient (Wildman–Crippen LogP) is 3.28. The summed E-state index contributed by atoms with van der Waals surface area (Å²) in [5, 5.41) is 0. The summed E-state index contributed by atoms with van der Waals surface area (Å²) in [6, 6.07) is 11.1. The number of sulfonamides is 1. The summed E-state index contributed by atoms with van der Waals surface area (Å²) in [5.74, 6) is -2.07. The largest absolute Gasteiger partial charge is 0.341 e. The maximum atomic E-state index is 14.4. The molecular formula is C22H24F2N2O3S. The Bertz CT molecular complexity index is 1070. The topological polar surface area (TPSA) is 66.5 Å². The van der Waals surface area contributed by atoms with Crippen LogP contribution in [0.25, 0.3) is 11.1 Å². The first-order chi connectivity index (χ1) is 14.2. The number of carbonyl (C=O) groups is 1. The standard InChI is InChI=1S/C22H24F2N2O3S/c1-30(28,29)25-14-6-5-11-26(13-14)22(27)19-12-18(19)16-8-3-2-7-15(16)17-9-4-10-20(23)21(17)24/h2-4,7-10,14,18-19,25H,5-6,11-13H2,1H3/t14-,18-,19+/m0/s1. The highest BCUT2D eigenvalue weighted by Gasteiger charge is 2.47. The minimum atomic E-state index is -3.33. The second kappa shape index (κ2) is 8.07. The molecule has 0 bridgehead atoms. The number of hydrogen-bond donors (Lipinski definition) is 1. The number of halogens is 2. The van der Waals surface area contributed by atoms with Gasteiger partial charge < -0.3 is 4.90 Å². The Morgan fingerprint density at radius 2 is 1.83 bits per heavy atom. The lowest BCUT2D eigenvalue weighted by molar-refractivity contribution is -0.133. The van der Waals surface area contributed by atoms with E-state index in [1.165, 1.54) is 6.07 Å². The third kappa shape index (κ3) is 4.39. The summed E-state index contributed by atoms with van der Waals surface area (Å²) in [6.07, 6.45) is 3.20. The first-order valence-corrected chi connectivity index (χ1v) is 11.9. The van der Waals surface area contributed by atoms with Crippen LogP contribution in [0.3, 0.4) is 0 Å². The lowest BCUT2D eigenvalue weighted by Gasteiger charge is -2.33. The van der Waals surface area contributed by atoms with Crippen molar-refractivity contribution in [2.45, 2.75) is 31.2 Å². The van der Waals surface area contributed by atoms with E-state index in [1.807, 2.05) is 12.1 Å². The summed E-state index contributed by atoms with van der Waals surface area (Å²) in [4.78, 5) is 14.8. The molecule has 0 spiro atoms. The van der Waals surface area contributed by atoms with Crippen LogP contribution >= 0.6 is 0 Å². The molecule has 0 unspecified atom stereocenters. The van der Waals surface area contributed by atoms with Gasteiger partial charge in [-0.15, -0.1) is 0 Å². The van der Waals surface area contributed by atoms with Crippen molar-refractivity contribution in [3.05, 3.63) is 59.7 Å². The van der Waals surface area contributed by atoms with Crippen molar-refractivity contribution in [1.29, 1.82) is 0 Å². The van der Waals surface area contributed by atoms with E-state index in [0.717, 1.165) is 24.3 Å². The van der Waals surface area contributed by atoms with Crippen molar-refractivity contribution in [2.24, 2.45) is 5.92 Å². The van der Waals surface area contributed by atoms with E-state index in [9.17, 15) is 22.0 Å². The van der Waals surface area contributed by atoms with Gasteiger partial charge in [0.05, 0.1) is 6.26 Å². The smallest absolute Gasteiger partial charge is 0.226 e. The van der Waals surface area contributed by atoms with E-state index in [0.29, 0.717) is 31.5 Å². The molecular weight excluding hydrogens is 410 g/mol. The molecule has 1 heterocycles. The Labute approximate surface area is 175 Å². The summed E-state index contributed by atoms with van der Waals surface area (Å²) < 4.78 is 53.7. The van der Waals surface area contributed by atoms with Gasteiger partial charge >= 0.3 is 0 Å². The van der Waals surface area contributed by atoms with Crippen molar-refractivity contribution in [3.8, 4) is 11.1 Å². The van der Waals surface area contributed by atoms with Crippen LogP contribution in [-0.4, -0.2) is 44.6 Å². The van der Waals surface area contributed by atoms with Gasteiger partial charge in [-0.1, -0.05) is 36.4 Å². The van der Waals surface area contributed by atoms with Crippen molar-refractivity contribution in [3.63, 3.8) is 0 Å². The minimum Gasteiger partial charge on any atom is -0.341 e. The second-order valence-electron chi connectivity index (χ2n) is 8.15.